The lowest BCUT2D eigenvalue weighted by Gasteiger charge is -2.17. The molecule has 0 aromatic heterocycles. The van der Waals surface area contributed by atoms with Crippen molar-refractivity contribution >= 4 is 11.5 Å². The molecular weight excluding hydrogens is 202 g/mol. The summed E-state index contributed by atoms with van der Waals surface area (Å²) in [4.78, 5) is 11.4. The minimum atomic E-state index is -0.0201. The number of nitrogens with two attached hydrogens (primary N) is 1. The molecule has 0 atom stereocenters. The van der Waals surface area contributed by atoms with Crippen LogP contribution in [0.25, 0.3) is 0 Å². The highest BCUT2D eigenvalue weighted by atomic mass is 16.5. The number of rotatable bonds is 5. The van der Waals surface area contributed by atoms with E-state index in [4.69, 9.17) is 10.5 Å². The van der Waals surface area contributed by atoms with Crippen molar-refractivity contribution in [1.29, 1.82) is 0 Å². The molecule has 0 amide bonds. The number of carbonyl (C=O) groups excluding carboxylic acids is 1. The summed E-state index contributed by atoms with van der Waals surface area (Å²) in [5, 5.41) is 0. The third-order valence-electron chi connectivity index (χ3n) is 2.59. The second-order valence-electron chi connectivity index (χ2n) is 3.87. The number of carbonyl (C=O) groups is 1. The van der Waals surface area contributed by atoms with Crippen LogP contribution in [-0.2, 0) is 0 Å². The summed E-state index contributed by atoms with van der Waals surface area (Å²) in [6, 6.07) is 5.19. The van der Waals surface area contributed by atoms with Crippen LogP contribution in [0.5, 0.6) is 5.75 Å². The number of hydrogen-bond acceptors (Lipinski definition) is 3. The zero-order chi connectivity index (χ0) is 12.1. The number of ether oxygens (including phenoxy) is 1. The summed E-state index contributed by atoms with van der Waals surface area (Å²) in [5.41, 5.74) is 6.80. The van der Waals surface area contributed by atoms with Crippen LogP contribution in [0.3, 0.4) is 0 Å². The van der Waals surface area contributed by atoms with Crippen molar-refractivity contribution < 1.29 is 9.53 Å². The van der Waals surface area contributed by atoms with E-state index < -0.39 is 0 Å². The number of Topliss-reactive ketones (excluding diaryl/α,β-unsaturated/α-hetero) is 1. The first-order valence-electron chi connectivity index (χ1n) is 5.65. The van der Waals surface area contributed by atoms with E-state index in [2.05, 4.69) is 13.8 Å². The first kappa shape index (κ1) is 12.6. The van der Waals surface area contributed by atoms with E-state index in [1.54, 1.807) is 18.2 Å². The molecule has 1 rings (SSSR count). The Kier molecular flexibility index (Phi) is 4.35. The van der Waals surface area contributed by atoms with E-state index in [1.165, 1.54) is 6.92 Å². The van der Waals surface area contributed by atoms with E-state index in [0.29, 0.717) is 17.0 Å². The Hall–Kier alpha value is -1.51. The summed E-state index contributed by atoms with van der Waals surface area (Å²) in [6.45, 7) is 5.66. The average molecular weight is 221 g/mol. The third kappa shape index (κ3) is 2.99. The van der Waals surface area contributed by atoms with Crippen LogP contribution in [0.4, 0.5) is 5.69 Å². The van der Waals surface area contributed by atoms with Gasteiger partial charge < -0.3 is 10.5 Å². The Morgan fingerprint density at radius 2 is 2.00 bits per heavy atom. The van der Waals surface area contributed by atoms with E-state index in [1.807, 2.05) is 0 Å². The maximum absolute atomic E-state index is 11.4. The lowest BCUT2D eigenvalue weighted by molar-refractivity contribution is 0.100. The zero-order valence-electron chi connectivity index (χ0n) is 10.1. The fourth-order valence-corrected chi connectivity index (χ4v) is 1.56. The molecule has 0 saturated carbocycles. The molecular formula is C13H19NO2. The number of ketones is 1. The maximum Gasteiger partial charge on any atom is 0.163 e. The molecule has 0 spiro atoms. The first-order valence-corrected chi connectivity index (χ1v) is 5.65. The Morgan fingerprint density at radius 3 is 2.50 bits per heavy atom. The molecule has 0 unspecified atom stereocenters. The minimum Gasteiger partial charge on any atom is -0.490 e. The van der Waals surface area contributed by atoms with Gasteiger partial charge in [-0.3, -0.25) is 4.79 Å². The van der Waals surface area contributed by atoms with Gasteiger partial charge in [0.1, 0.15) is 5.75 Å². The predicted octanol–water partition coefficient (Wildman–Crippen LogP) is 3.04. The van der Waals surface area contributed by atoms with Gasteiger partial charge in [-0.25, -0.2) is 0 Å². The van der Waals surface area contributed by atoms with Crippen LogP contribution < -0.4 is 10.5 Å². The molecule has 1 aromatic rings. The first-order chi connectivity index (χ1) is 7.58. The number of benzene rings is 1. The predicted molar refractivity (Wildman–Crippen MR) is 65.9 cm³/mol. The van der Waals surface area contributed by atoms with Crippen LogP contribution in [0, 0.1) is 0 Å². The molecule has 0 radical (unpaired) electrons. The van der Waals surface area contributed by atoms with Crippen molar-refractivity contribution in [1.82, 2.24) is 0 Å². The molecule has 0 aliphatic carbocycles. The van der Waals surface area contributed by atoms with Gasteiger partial charge >= 0.3 is 0 Å². The highest BCUT2D eigenvalue weighted by molar-refractivity contribution is 5.97. The summed E-state index contributed by atoms with van der Waals surface area (Å²) in [5.74, 6) is 0.614. The van der Waals surface area contributed by atoms with Crippen molar-refractivity contribution in [2.24, 2.45) is 0 Å². The molecule has 1 aromatic carbocycles. The molecule has 88 valence electrons. The lowest BCUT2D eigenvalue weighted by Crippen LogP contribution is -2.15. The molecule has 0 heterocycles. The van der Waals surface area contributed by atoms with Crippen LogP contribution in [0.1, 0.15) is 44.0 Å². The van der Waals surface area contributed by atoms with Crippen molar-refractivity contribution in [3.8, 4) is 5.75 Å². The van der Waals surface area contributed by atoms with Crippen molar-refractivity contribution in [2.45, 2.75) is 39.7 Å². The average Bonchev–Trinajstić information content (AvgIpc) is 2.27. The monoisotopic (exact) mass is 221 g/mol. The quantitative estimate of drug-likeness (QED) is 0.614. The normalized spacial score (nSPS) is 10.5. The number of hydrogen-bond donors (Lipinski definition) is 1. The molecule has 3 heteroatoms. The second-order valence-corrected chi connectivity index (χ2v) is 3.87. The van der Waals surface area contributed by atoms with Gasteiger partial charge in [0.25, 0.3) is 0 Å². The molecule has 0 aliphatic heterocycles. The molecule has 3 nitrogen and oxygen atoms in total. The van der Waals surface area contributed by atoms with Gasteiger partial charge in [0, 0.05) is 5.69 Å². The minimum absolute atomic E-state index is 0.0201. The molecule has 0 fully saturated rings. The molecule has 16 heavy (non-hydrogen) atoms. The molecule has 2 N–H and O–H groups in total. The van der Waals surface area contributed by atoms with Gasteiger partial charge in [-0.05, 0) is 38.0 Å². The molecule has 0 saturated heterocycles. The van der Waals surface area contributed by atoms with Crippen LogP contribution in [0.15, 0.2) is 18.2 Å². The zero-order valence-corrected chi connectivity index (χ0v) is 10.1. The lowest BCUT2D eigenvalue weighted by atomic mass is 10.1. The van der Waals surface area contributed by atoms with Crippen molar-refractivity contribution in [2.75, 3.05) is 5.73 Å². The Balaban J connectivity index is 2.98. The van der Waals surface area contributed by atoms with Gasteiger partial charge in [0.2, 0.25) is 0 Å². The Morgan fingerprint density at radius 1 is 1.38 bits per heavy atom. The molecule has 0 bridgehead atoms. The second kappa shape index (κ2) is 5.54. The van der Waals surface area contributed by atoms with Gasteiger partial charge in [-0.15, -0.1) is 0 Å². The summed E-state index contributed by atoms with van der Waals surface area (Å²) in [7, 11) is 0. The highest BCUT2D eigenvalue weighted by Crippen LogP contribution is 2.24. The van der Waals surface area contributed by atoms with Gasteiger partial charge in [0.05, 0.1) is 11.7 Å². The van der Waals surface area contributed by atoms with Crippen LogP contribution in [-0.4, -0.2) is 11.9 Å². The van der Waals surface area contributed by atoms with Crippen molar-refractivity contribution in [3.05, 3.63) is 23.8 Å². The standard InChI is InChI=1S/C13H19NO2/c1-4-11(5-2)16-13-7-6-10(14)8-12(13)9(3)15/h6-8,11H,4-5,14H2,1-3H3. The van der Waals surface area contributed by atoms with E-state index >= 15 is 0 Å². The topological polar surface area (TPSA) is 52.3 Å². The summed E-state index contributed by atoms with van der Waals surface area (Å²) >= 11 is 0. The Bertz CT molecular complexity index is 370. The van der Waals surface area contributed by atoms with Crippen LogP contribution in [0.2, 0.25) is 0 Å². The summed E-state index contributed by atoms with van der Waals surface area (Å²) < 4.78 is 5.78. The van der Waals surface area contributed by atoms with Gasteiger partial charge in [-0.1, -0.05) is 13.8 Å². The number of nitrogen functional groups attached to an aromatic ring is 1. The van der Waals surface area contributed by atoms with Gasteiger partial charge in [-0.2, -0.15) is 0 Å². The Labute approximate surface area is 96.6 Å². The number of anilines is 1. The highest BCUT2D eigenvalue weighted by Gasteiger charge is 2.12. The van der Waals surface area contributed by atoms with Crippen LogP contribution >= 0.6 is 0 Å². The third-order valence-corrected chi connectivity index (χ3v) is 2.59. The van der Waals surface area contributed by atoms with Crippen molar-refractivity contribution in [3.63, 3.8) is 0 Å². The largest absolute Gasteiger partial charge is 0.490 e. The fourth-order valence-electron chi connectivity index (χ4n) is 1.56. The molecule has 0 aliphatic rings. The van der Waals surface area contributed by atoms with E-state index in [0.717, 1.165) is 12.8 Å². The van der Waals surface area contributed by atoms with E-state index in [9.17, 15) is 4.79 Å². The smallest absolute Gasteiger partial charge is 0.163 e. The summed E-state index contributed by atoms with van der Waals surface area (Å²) in [6.07, 6.45) is 2.01. The van der Waals surface area contributed by atoms with E-state index in [-0.39, 0.29) is 11.9 Å². The SMILES string of the molecule is CCC(CC)Oc1ccc(N)cc1C(C)=O. The maximum atomic E-state index is 11.4. The van der Waals surface area contributed by atoms with Gasteiger partial charge in [0.15, 0.2) is 5.78 Å². The fraction of sp³-hybridized carbons (Fsp3) is 0.462.